The van der Waals surface area contributed by atoms with Crippen molar-refractivity contribution >= 4 is 23.7 Å². The van der Waals surface area contributed by atoms with E-state index in [4.69, 9.17) is 16.6 Å². The first-order chi connectivity index (χ1) is 13.0. The van der Waals surface area contributed by atoms with Crippen molar-refractivity contribution in [2.24, 2.45) is 23.3 Å². The molecule has 0 aliphatic rings. The molecule has 8 N–H and O–H groups in total. The third-order valence-corrected chi connectivity index (χ3v) is 4.21. The van der Waals surface area contributed by atoms with Crippen LogP contribution >= 0.6 is 0 Å². The molecule has 0 spiro atoms. The molecule has 3 unspecified atom stereocenters. The summed E-state index contributed by atoms with van der Waals surface area (Å²) in [5.74, 6) is -3.27. The van der Waals surface area contributed by atoms with Gasteiger partial charge in [0, 0.05) is 0 Å². The highest BCUT2D eigenvalue weighted by atomic mass is 16.4. The van der Waals surface area contributed by atoms with Crippen molar-refractivity contribution < 1.29 is 24.3 Å². The van der Waals surface area contributed by atoms with Crippen LogP contribution in [0.25, 0.3) is 0 Å². The topological polar surface area (TPSA) is 177 Å². The predicted octanol–water partition coefficient (Wildman–Crippen LogP) is -1.07. The number of amides is 3. The lowest BCUT2D eigenvalue weighted by Gasteiger charge is -2.27. The monoisotopic (exact) mass is 401 g/mol. The molecule has 162 valence electrons. The molecule has 0 bridgehead atoms. The minimum Gasteiger partial charge on any atom is -0.480 e. The molecule has 0 aromatic heterocycles. The van der Waals surface area contributed by atoms with E-state index in [0.717, 1.165) is 6.42 Å². The van der Waals surface area contributed by atoms with Crippen LogP contribution in [0, 0.1) is 11.8 Å². The summed E-state index contributed by atoms with van der Waals surface area (Å²) in [5.41, 5.74) is 11.3. The number of aliphatic carboxylic acids is 1. The Labute approximate surface area is 166 Å². The van der Waals surface area contributed by atoms with Crippen LogP contribution in [0.15, 0.2) is 0 Å². The number of nitrogens with two attached hydrogens (primary N) is 2. The minimum absolute atomic E-state index is 0.241. The van der Waals surface area contributed by atoms with Crippen molar-refractivity contribution in [3.05, 3.63) is 0 Å². The molecule has 3 atom stereocenters. The van der Waals surface area contributed by atoms with Crippen molar-refractivity contribution in [1.82, 2.24) is 16.0 Å². The SMILES string of the molecule is CC(C)C(NC(=O)C(N)CCCCN)C(=O)NC(C(=O)NCC(=O)O)C(C)C. The van der Waals surface area contributed by atoms with Gasteiger partial charge in [-0.05, 0) is 31.2 Å². The molecule has 0 radical (unpaired) electrons. The van der Waals surface area contributed by atoms with Gasteiger partial charge >= 0.3 is 5.97 Å². The van der Waals surface area contributed by atoms with Gasteiger partial charge in [0.15, 0.2) is 0 Å². The number of rotatable bonds is 13. The van der Waals surface area contributed by atoms with E-state index in [1.54, 1.807) is 27.7 Å². The number of carboxylic acid groups (broad SMARTS) is 1. The fourth-order valence-corrected chi connectivity index (χ4v) is 2.49. The summed E-state index contributed by atoms with van der Waals surface area (Å²) in [6.45, 7) is 6.95. The highest BCUT2D eigenvalue weighted by molar-refractivity contribution is 5.93. The molecule has 0 aliphatic heterocycles. The quantitative estimate of drug-likeness (QED) is 0.213. The summed E-state index contributed by atoms with van der Waals surface area (Å²) in [7, 11) is 0. The zero-order valence-electron chi connectivity index (χ0n) is 17.2. The van der Waals surface area contributed by atoms with Crippen LogP contribution in [0.4, 0.5) is 0 Å². The Balaban J connectivity index is 4.99. The molecular weight excluding hydrogens is 366 g/mol. The summed E-state index contributed by atoms with van der Waals surface area (Å²) in [6.07, 6.45) is 1.93. The van der Waals surface area contributed by atoms with Crippen molar-refractivity contribution in [1.29, 1.82) is 0 Å². The smallest absolute Gasteiger partial charge is 0.322 e. The average molecular weight is 402 g/mol. The summed E-state index contributed by atoms with van der Waals surface area (Å²) in [5, 5.41) is 16.2. The lowest BCUT2D eigenvalue weighted by atomic mass is 9.99. The third kappa shape index (κ3) is 9.65. The van der Waals surface area contributed by atoms with Crippen molar-refractivity contribution in [3.63, 3.8) is 0 Å². The maximum atomic E-state index is 12.7. The van der Waals surface area contributed by atoms with Gasteiger partial charge in [0.25, 0.3) is 0 Å². The Morgan fingerprint density at radius 3 is 1.82 bits per heavy atom. The number of nitrogens with one attached hydrogen (secondary N) is 3. The fourth-order valence-electron chi connectivity index (χ4n) is 2.49. The molecule has 10 nitrogen and oxygen atoms in total. The van der Waals surface area contributed by atoms with Crippen LogP contribution in [-0.4, -0.2) is 60.0 Å². The number of carboxylic acids is 1. The van der Waals surface area contributed by atoms with Crippen LogP contribution < -0.4 is 27.4 Å². The summed E-state index contributed by atoms with van der Waals surface area (Å²) in [4.78, 5) is 47.8. The van der Waals surface area contributed by atoms with E-state index in [1.807, 2.05) is 0 Å². The van der Waals surface area contributed by atoms with E-state index in [2.05, 4.69) is 16.0 Å². The number of unbranched alkanes of at least 4 members (excludes halogenated alkanes) is 1. The van der Waals surface area contributed by atoms with Crippen LogP contribution in [0.5, 0.6) is 0 Å². The Morgan fingerprint density at radius 1 is 0.857 bits per heavy atom. The number of carbonyl (C=O) groups excluding carboxylic acids is 3. The summed E-state index contributed by atoms with van der Waals surface area (Å²) >= 11 is 0. The van der Waals surface area contributed by atoms with E-state index in [0.29, 0.717) is 19.4 Å². The lowest BCUT2D eigenvalue weighted by molar-refractivity contribution is -0.139. The molecule has 3 amide bonds. The van der Waals surface area contributed by atoms with Crippen LogP contribution in [0.2, 0.25) is 0 Å². The highest BCUT2D eigenvalue weighted by Crippen LogP contribution is 2.08. The number of carbonyl (C=O) groups is 4. The summed E-state index contributed by atoms with van der Waals surface area (Å²) < 4.78 is 0. The Bertz CT molecular complexity index is 538. The van der Waals surface area contributed by atoms with E-state index in [1.165, 1.54) is 0 Å². The highest BCUT2D eigenvalue weighted by Gasteiger charge is 2.31. The second kappa shape index (κ2) is 13.1. The van der Waals surface area contributed by atoms with Gasteiger partial charge in [0.2, 0.25) is 17.7 Å². The molecule has 0 aliphatic carbocycles. The van der Waals surface area contributed by atoms with E-state index >= 15 is 0 Å². The first-order valence-corrected chi connectivity index (χ1v) is 9.57. The van der Waals surface area contributed by atoms with Gasteiger partial charge in [-0.1, -0.05) is 34.1 Å². The molecule has 0 rings (SSSR count). The van der Waals surface area contributed by atoms with Crippen LogP contribution in [-0.2, 0) is 19.2 Å². The number of hydrogen-bond acceptors (Lipinski definition) is 6. The first kappa shape index (κ1) is 25.8. The summed E-state index contributed by atoms with van der Waals surface area (Å²) in [6, 6.07) is -2.55. The van der Waals surface area contributed by atoms with Crippen molar-refractivity contribution in [3.8, 4) is 0 Å². The largest absolute Gasteiger partial charge is 0.480 e. The normalized spacial score (nSPS) is 14.3. The van der Waals surface area contributed by atoms with Crippen LogP contribution in [0.3, 0.4) is 0 Å². The third-order valence-electron chi connectivity index (χ3n) is 4.21. The standard InChI is InChI=1S/C18H35N5O5/c1-10(2)14(17(27)21-9-13(24)25)23-18(28)15(11(3)4)22-16(26)12(20)7-5-6-8-19/h10-12,14-15H,5-9,19-20H2,1-4H3,(H,21,27)(H,22,26)(H,23,28)(H,24,25). The van der Waals surface area contributed by atoms with Gasteiger partial charge in [0.1, 0.15) is 18.6 Å². The van der Waals surface area contributed by atoms with E-state index < -0.39 is 48.4 Å². The van der Waals surface area contributed by atoms with Gasteiger partial charge in [-0.3, -0.25) is 19.2 Å². The Hall–Kier alpha value is -2.20. The second-order valence-corrected chi connectivity index (χ2v) is 7.46. The fraction of sp³-hybridized carbons (Fsp3) is 0.778. The molecule has 0 fully saturated rings. The molecule has 0 heterocycles. The average Bonchev–Trinajstić information content (AvgIpc) is 2.61. The first-order valence-electron chi connectivity index (χ1n) is 9.57. The zero-order chi connectivity index (χ0) is 21.9. The maximum absolute atomic E-state index is 12.7. The molecule has 28 heavy (non-hydrogen) atoms. The van der Waals surface area contributed by atoms with E-state index in [9.17, 15) is 19.2 Å². The van der Waals surface area contributed by atoms with Gasteiger partial charge in [0.05, 0.1) is 6.04 Å². The zero-order valence-corrected chi connectivity index (χ0v) is 17.2. The molecular formula is C18H35N5O5. The van der Waals surface area contributed by atoms with Gasteiger partial charge in [-0.15, -0.1) is 0 Å². The van der Waals surface area contributed by atoms with Crippen molar-refractivity contribution in [2.75, 3.05) is 13.1 Å². The van der Waals surface area contributed by atoms with Gasteiger partial charge in [-0.25, -0.2) is 0 Å². The molecule has 0 aromatic carbocycles. The van der Waals surface area contributed by atoms with Crippen LogP contribution in [0.1, 0.15) is 47.0 Å². The Kier molecular flexibility index (Phi) is 12.0. The van der Waals surface area contributed by atoms with Gasteiger partial charge in [-0.2, -0.15) is 0 Å². The number of hydrogen-bond donors (Lipinski definition) is 6. The van der Waals surface area contributed by atoms with Gasteiger partial charge < -0.3 is 32.5 Å². The second-order valence-electron chi connectivity index (χ2n) is 7.46. The predicted molar refractivity (Wildman–Crippen MR) is 105 cm³/mol. The lowest BCUT2D eigenvalue weighted by Crippen LogP contribution is -2.58. The maximum Gasteiger partial charge on any atom is 0.322 e. The minimum atomic E-state index is -1.18. The van der Waals surface area contributed by atoms with E-state index in [-0.39, 0.29) is 11.8 Å². The van der Waals surface area contributed by atoms with Crippen molar-refractivity contribution in [2.45, 2.75) is 65.1 Å². The molecule has 10 heteroatoms. The Morgan fingerprint density at radius 2 is 1.36 bits per heavy atom. The molecule has 0 saturated carbocycles. The molecule has 0 aromatic rings. The molecule has 0 saturated heterocycles.